The Hall–Kier alpha value is -4.03. The molecule has 0 radical (unpaired) electrons. The number of halogens is 1. The number of anilines is 6. The number of nitrogens with zero attached hydrogens (tertiary/aromatic N) is 4. The van der Waals surface area contributed by atoms with Gasteiger partial charge in [0.1, 0.15) is 5.03 Å². The Labute approximate surface area is 272 Å². The number of carbonyl (C=O) groups is 1. The average molecular weight is 646 g/mol. The maximum absolute atomic E-state index is 12.5. The van der Waals surface area contributed by atoms with Gasteiger partial charge in [-0.3, -0.25) is 4.79 Å². The predicted molar refractivity (Wildman–Crippen MR) is 182 cm³/mol. The van der Waals surface area contributed by atoms with E-state index in [1.807, 2.05) is 48.5 Å². The molecule has 2 aliphatic heterocycles. The fourth-order valence-electron chi connectivity index (χ4n) is 5.06. The van der Waals surface area contributed by atoms with Crippen molar-refractivity contribution in [2.45, 2.75) is 16.3 Å². The van der Waals surface area contributed by atoms with Gasteiger partial charge in [-0.25, -0.2) is 9.97 Å². The van der Waals surface area contributed by atoms with Gasteiger partial charge in [-0.1, -0.05) is 23.4 Å². The summed E-state index contributed by atoms with van der Waals surface area (Å²) in [6.45, 7) is 7.17. The van der Waals surface area contributed by atoms with Crippen LogP contribution in [0.1, 0.15) is 6.42 Å². The summed E-state index contributed by atoms with van der Waals surface area (Å²) >= 11 is 7.87. The zero-order chi connectivity index (χ0) is 30.8. The number of nitrogens with one attached hydrogen (secondary N) is 3. The number of rotatable bonds is 11. The predicted octanol–water partition coefficient (Wildman–Crippen LogP) is 6.14. The number of carbonyl (C=O) groups excluding carboxylic acids is 1. The second-order valence-electron chi connectivity index (χ2n) is 10.6. The van der Waals surface area contributed by atoms with Gasteiger partial charge >= 0.3 is 0 Å². The third-order valence-electron chi connectivity index (χ3n) is 7.49. The minimum absolute atomic E-state index is 0.0552. The molecule has 234 valence electrons. The van der Waals surface area contributed by atoms with Crippen molar-refractivity contribution in [3.63, 3.8) is 0 Å². The summed E-state index contributed by atoms with van der Waals surface area (Å²) in [6, 6.07) is 24.1. The summed E-state index contributed by atoms with van der Waals surface area (Å²) in [5.74, 6) is 0.409. The van der Waals surface area contributed by atoms with Crippen molar-refractivity contribution < 1.29 is 14.3 Å². The molecule has 6 rings (SSSR count). The van der Waals surface area contributed by atoms with Crippen LogP contribution in [-0.4, -0.2) is 75.0 Å². The fourth-order valence-corrected chi connectivity index (χ4v) is 6.05. The lowest BCUT2D eigenvalue weighted by atomic mass is 10.2. The number of ether oxygens (including phenoxy) is 2. The lowest BCUT2D eigenvalue weighted by Crippen LogP contribution is -2.36. The molecule has 12 heteroatoms. The summed E-state index contributed by atoms with van der Waals surface area (Å²) in [5.41, 5.74) is 4.97. The molecule has 3 aromatic carbocycles. The van der Waals surface area contributed by atoms with Gasteiger partial charge < -0.3 is 35.2 Å². The first-order valence-corrected chi connectivity index (χ1v) is 16.3. The van der Waals surface area contributed by atoms with Gasteiger partial charge in [0.25, 0.3) is 0 Å². The molecule has 0 atom stereocenters. The van der Waals surface area contributed by atoms with Crippen LogP contribution in [0.3, 0.4) is 0 Å². The first kappa shape index (κ1) is 31.0. The maximum Gasteiger partial charge on any atom is 0.228 e. The standard InChI is InChI=1S/C33H36ClN7O3S/c34-30-23-36-33(38-26-3-9-28(10-4-26)41-17-21-44-22-18-41)39-32(30)45-29-11-5-25(6-12-29)37-31(42)13-14-35-24-1-7-27(8-2-24)40-15-19-43-20-16-40/h1-12,23,35H,13-22H2,(H,37,42)(H,36,38,39). The molecular weight excluding hydrogens is 610 g/mol. The third kappa shape index (κ3) is 8.79. The van der Waals surface area contributed by atoms with Gasteiger partial charge in [-0.05, 0) is 72.8 Å². The maximum atomic E-state index is 12.5. The van der Waals surface area contributed by atoms with Gasteiger partial charge in [0.15, 0.2) is 0 Å². The third-order valence-corrected chi connectivity index (χ3v) is 8.89. The van der Waals surface area contributed by atoms with Gasteiger partial charge in [0, 0.05) is 72.5 Å². The highest BCUT2D eigenvalue weighted by Crippen LogP contribution is 2.33. The van der Waals surface area contributed by atoms with Gasteiger partial charge in [-0.2, -0.15) is 0 Å². The van der Waals surface area contributed by atoms with E-state index in [4.69, 9.17) is 21.1 Å². The van der Waals surface area contributed by atoms with Crippen molar-refractivity contribution in [2.24, 2.45) is 0 Å². The first-order chi connectivity index (χ1) is 22.1. The van der Waals surface area contributed by atoms with Crippen molar-refractivity contribution in [1.29, 1.82) is 0 Å². The fraction of sp³-hybridized carbons (Fsp3) is 0.303. The van der Waals surface area contributed by atoms with E-state index < -0.39 is 0 Å². The highest BCUT2D eigenvalue weighted by Gasteiger charge is 2.13. The smallest absolute Gasteiger partial charge is 0.228 e. The highest BCUT2D eigenvalue weighted by molar-refractivity contribution is 7.99. The zero-order valence-corrected chi connectivity index (χ0v) is 26.4. The quantitative estimate of drug-likeness (QED) is 0.165. The van der Waals surface area contributed by atoms with Gasteiger partial charge in [0.2, 0.25) is 11.9 Å². The number of hydrogen-bond donors (Lipinski definition) is 3. The molecule has 0 aliphatic carbocycles. The average Bonchev–Trinajstić information content (AvgIpc) is 3.08. The topological polar surface area (TPSA) is 104 Å². The molecule has 3 heterocycles. The summed E-state index contributed by atoms with van der Waals surface area (Å²) < 4.78 is 10.9. The van der Waals surface area contributed by atoms with E-state index in [1.54, 1.807) is 6.20 Å². The van der Waals surface area contributed by atoms with Crippen LogP contribution in [0.15, 0.2) is 88.9 Å². The molecular formula is C33H36ClN7O3S. The van der Waals surface area contributed by atoms with Crippen LogP contribution in [-0.2, 0) is 14.3 Å². The summed E-state index contributed by atoms with van der Waals surface area (Å²) in [4.78, 5) is 27.1. The molecule has 2 saturated heterocycles. The zero-order valence-electron chi connectivity index (χ0n) is 24.9. The first-order valence-electron chi connectivity index (χ1n) is 15.1. The van der Waals surface area contributed by atoms with Crippen molar-refractivity contribution >= 4 is 63.7 Å². The molecule has 10 nitrogen and oxygen atoms in total. The number of morpholine rings is 2. The Morgan fingerprint density at radius 3 is 1.93 bits per heavy atom. The van der Waals surface area contributed by atoms with E-state index in [0.717, 1.165) is 74.6 Å². The number of hydrogen-bond acceptors (Lipinski definition) is 10. The number of benzene rings is 3. The molecule has 0 spiro atoms. The van der Waals surface area contributed by atoms with Crippen molar-refractivity contribution in [1.82, 2.24) is 9.97 Å². The lowest BCUT2D eigenvalue weighted by molar-refractivity contribution is -0.115. The number of aromatic nitrogens is 2. The molecule has 3 N–H and O–H groups in total. The van der Waals surface area contributed by atoms with E-state index in [2.05, 4.69) is 60.0 Å². The molecule has 2 aliphatic rings. The molecule has 2 fully saturated rings. The van der Waals surface area contributed by atoms with E-state index in [9.17, 15) is 4.79 Å². The minimum Gasteiger partial charge on any atom is -0.385 e. The van der Waals surface area contributed by atoms with E-state index in [-0.39, 0.29) is 5.91 Å². The second kappa shape index (κ2) is 15.3. The van der Waals surface area contributed by atoms with Crippen molar-refractivity contribution in [3.8, 4) is 0 Å². The summed E-state index contributed by atoms with van der Waals surface area (Å²) in [6.07, 6.45) is 1.95. The van der Waals surface area contributed by atoms with Crippen LogP contribution in [0.25, 0.3) is 0 Å². The van der Waals surface area contributed by atoms with Gasteiger partial charge in [-0.15, -0.1) is 0 Å². The monoisotopic (exact) mass is 645 g/mol. The molecule has 45 heavy (non-hydrogen) atoms. The Balaban J connectivity index is 0.963. The Morgan fingerprint density at radius 2 is 1.33 bits per heavy atom. The Bertz CT molecular complexity index is 1550. The molecule has 0 unspecified atom stereocenters. The minimum atomic E-state index is -0.0552. The molecule has 1 aromatic heterocycles. The summed E-state index contributed by atoms with van der Waals surface area (Å²) in [5, 5.41) is 10.7. The van der Waals surface area contributed by atoms with Crippen LogP contribution in [0.4, 0.5) is 34.4 Å². The van der Waals surface area contributed by atoms with E-state index >= 15 is 0 Å². The normalized spacial score (nSPS) is 15.0. The molecule has 1 amide bonds. The van der Waals surface area contributed by atoms with Crippen LogP contribution >= 0.6 is 23.4 Å². The molecule has 0 bridgehead atoms. The number of amides is 1. The highest BCUT2D eigenvalue weighted by atomic mass is 35.5. The molecule has 0 saturated carbocycles. The SMILES string of the molecule is O=C(CCNc1ccc(N2CCOCC2)cc1)Nc1ccc(Sc2nc(Nc3ccc(N4CCOCC4)cc3)ncc2Cl)cc1. The Kier molecular flexibility index (Phi) is 10.5. The van der Waals surface area contributed by atoms with Gasteiger partial charge in [0.05, 0.1) is 37.6 Å². The largest absolute Gasteiger partial charge is 0.385 e. The van der Waals surface area contributed by atoms with Crippen LogP contribution in [0.5, 0.6) is 0 Å². The van der Waals surface area contributed by atoms with Crippen LogP contribution < -0.4 is 25.8 Å². The van der Waals surface area contributed by atoms with Crippen LogP contribution in [0.2, 0.25) is 5.02 Å². The van der Waals surface area contributed by atoms with E-state index in [0.29, 0.717) is 29.0 Å². The van der Waals surface area contributed by atoms with Crippen molar-refractivity contribution in [2.75, 3.05) is 84.9 Å². The lowest BCUT2D eigenvalue weighted by Gasteiger charge is -2.28. The Morgan fingerprint density at radius 1 is 0.778 bits per heavy atom. The van der Waals surface area contributed by atoms with E-state index in [1.165, 1.54) is 23.1 Å². The second-order valence-corrected chi connectivity index (χ2v) is 12.1. The van der Waals surface area contributed by atoms with Crippen LogP contribution in [0, 0.1) is 0 Å². The molecule has 4 aromatic rings. The van der Waals surface area contributed by atoms with Crippen molar-refractivity contribution in [3.05, 3.63) is 84.0 Å². The summed E-state index contributed by atoms with van der Waals surface area (Å²) in [7, 11) is 0.